The predicted molar refractivity (Wildman–Crippen MR) is 67.7 cm³/mol. The lowest BCUT2D eigenvalue weighted by Crippen LogP contribution is -2.41. The standard InChI is InChI=1S/C14H22O4/c1-12(2,3)10(16)8-14(17)9(15)7-11(18-14)13(4,5)6/h7,17H,8H2,1-6H3/t14-/m1/s1. The summed E-state index contributed by atoms with van der Waals surface area (Å²) in [4.78, 5) is 23.7. The zero-order valence-corrected chi connectivity index (χ0v) is 12.0. The van der Waals surface area contributed by atoms with Crippen molar-refractivity contribution >= 4 is 11.6 Å². The van der Waals surface area contributed by atoms with E-state index >= 15 is 0 Å². The van der Waals surface area contributed by atoms with Crippen molar-refractivity contribution in [1.82, 2.24) is 0 Å². The van der Waals surface area contributed by atoms with E-state index in [4.69, 9.17) is 4.74 Å². The summed E-state index contributed by atoms with van der Waals surface area (Å²) in [7, 11) is 0. The summed E-state index contributed by atoms with van der Waals surface area (Å²) < 4.78 is 5.34. The summed E-state index contributed by atoms with van der Waals surface area (Å²) in [5.74, 6) is -2.36. The first kappa shape index (κ1) is 14.9. The van der Waals surface area contributed by atoms with E-state index in [1.807, 2.05) is 20.8 Å². The maximum atomic E-state index is 11.9. The predicted octanol–water partition coefficient (Wildman–Crippen LogP) is 2.21. The highest BCUT2D eigenvalue weighted by molar-refractivity contribution is 6.01. The number of hydrogen-bond acceptors (Lipinski definition) is 4. The molecular weight excluding hydrogens is 232 g/mol. The number of rotatable bonds is 2. The van der Waals surface area contributed by atoms with Gasteiger partial charge in [-0.05, 0) is 0 Å². The Labute approximate surface area is 108 Å². The van der Waals surface area contributed by atoms with Crippen LogP contribution in [0.5, 0.6) is 0 Å². The van der Waals surface area contributed by atoms with Crippen LogP contribution in [0, 0.1) is 10.8 Å². The van der Waals surface area contributed by atoms with Gasteiger partial charge in [-0.1, -0.05) is 41.5 Å². The largest absolute Gasteiger partial charge is 0.458 e. The molecule has 0 saturated heterocycles. The molecule has 1 aliphatic rings. The molecule has 1 heterocycles. The second-order valence-corrected chi connectivity index (χ2v) is 6.86. The molecule has 0 saturated carbocycles. The summed E-state index contributed by atoms with van der Waals surface area (Å²) >= 11 is 0. The number of carbonyl (C=O) groups is 2. The molecule has 1 atom stereocenters. The minimum absolute atomic E-state index is 0.207. The van der Waals surface area contributed by atoms with Crippen LogP contribution in [0.15, 0.2) is 11.8 Å². The molecule has 0 unspecified atom stereocenters. The molecule has 18 heavy (non-hydrogen) atoms. The molecule has 1 rings (SSSR count). The maximum absolute atomic E-state index is 11.9. The number of allylic oxidation sites excluding steroid dienone is 1. The van der Waals surface area contributed by atoms with Gasteiger partial charge in [0.25, 0.3) is 5.79 Å². The summed E-state index contributed by atoms with van der Waals surface area (Å²) in [6, 6.07) is 0. The smallest absolute Gasteiger partial charge is 0.278 e. The lowest BCUT2D eigenvalue weighted by atomic mass is 9.86. The van der Waals surface area contributed by atoms with Gasteiger partial charge in [0.1, 0.15) is 11.5 Å². The SMILES string of the molecule is CC(C)(C)C(=O)C[C@@]1(O)OC(C(C)(C)C)=CC1=O. The maximum Gasteiger partial charge on any atom is 0.278 e. The molecule has 0 aromatic carbocycles. The molecule has 0 aliphatic carbocycles. The van der Waals surface area contributed by atoms with Crippen LogP contribution in [0.4, 0.5) is 0 Å². The molecule has 0 radical (unpaired) electrons. The zero-order chi connectivity index (χ0) is 14.4. The molecule has 0 amide bonds. The molecule has 0 fully saturated rings. The monoisotopic (exact) mass is 254 g/mol. The third-order valence-electron chi connectivity index (χ3n) is 2.90. The van der Waals surface area contributed by atoms with E-state index in [9.17, 15) is 14.7 Å². The zero-order valence-electron chi connectivity index (χ0n) is 12.0. The fourth-order valence-corrected chi connectivity index (χ4v) is 1.47. The van der Waals surface area contributed by atoms with Crippen LogP contribution in [0.3, 0.4) is 0 Å². The Morgan fingerprint density at radius 2 is 1.78 bits per heavy atom. The van der Waals surface area contributed by atoms with E-state index < -0.39 is 17.0 Å². The Kier molecular flexibility index (Phi) is 3.47. The molecule has 0 aromatic heterocycles. The van der Waals surface area contributed by atoms with Crippen LogP contribution in [-0.4, -0.2) is 22.5 Å². The topological polar surface area (TPSA) is 63.6 Å². The van der Waals surface area contributed by atoms with Gasteiger partial charge in [-0.25, -0.2) is 0 Å². The van der Waals surface area contributed by atoms with Crippen LogP contribution in [0.25, 0.3) is 0 Å². The van der Waals surface area contributed by atoms with E-state index in [2.05, 4.69) is 0 Å². The fourth-order valence-electron chi connectivity index (χ4n) is 1.47. The molecule has 102 valence electrons. The summed E-state index contributed by atoms with van der Waals surface area (Å²) in [6.45, 7) is 10.9. The lowest BCUT2D eigenvalue weighted by molar-refractivity contribution is -0.187. The molecule has 4 nitrogen and oxygen atoms in total. The first-order chi connectivity index (χ1) is 7.86. The van der Waals surface area contributed by atoms with Crippen molar-refractivity contribution in [2.45, 2.75) is 53.8 Å². The lowest BCUT2D eigenvalue weighted by Gasteiger charge is -2.28. The first-order valence-corrected chi connectivity index (χ1v) is 6.07. The van der Waals surface area contributed by atoms with Gasteiger partial charge in [0.2, 0.25) is 5.78 Å². The average Bonchev–Trinajstić information content (AvgIpc) is 2.40. The van der Waals surface area contributed by atoms with Gasteiger partial charge in [-0.3, -0.25) is 9.59 Å². The normalized spacial score (nSPS) is 24.8. The van der Waals surface area contributed by atoms with Gasteiger partial charge < -0.3 is 9.84 Å². The van der Waals surface area contributed by atoms with Crippen LogP contribution in [0.1, 0.15) is 48.0 Å². The fraction of sp³-hybridized carbons (Fsp3) is 0.714. The van der Waals surface area contributed by atoms with E-state index in [-0.39, 0.29) is 17.6 Å². The highest BCUT2D eigenvalue weighted by atomic mass is 16.6. The molecule has 1 aliphatic heterocycles. The molecule has 0 aromatic rings. The number of carbonyl (C=O) groups excluding carboxylic acids is 2. The van der Waals surface area contributed by atoms with Crippen molar-refractivity contribution in [3.05, 3.63) is 11.8 Å². The van der Waals surface area contributed by atoms with E-state index in [0.29, 0.717) is 5.76 Å². The quantitative estimate of drug-likeness (QED) is 0.820. The molecule has 0 bridgehead atoms. The number of Topliss-reactive ketones (excluding diaryl/α,β-unsaturated/α-hetero) is 1. The van der Waals surface area contributed by atoms with Gasteiger partial charge in [-0.2, -0.15) is 0 Å². The van der Waals surface area contributed by atoms with E-state index in [1.54, 1.807) is 20.8 Å². The van der Waals surface area contributed by atoms with Gasteiger partial charge in [0, 0.05) is 16.9 Å². The third kappa shape index (κ3) is 2.99. The minimum Gasteiger partial charge on any atom is -0.458 e. The molecular formula is C14H22O4. The van der Waals surface area contributed by atoms with Crippen LogP contribution in [0.2, 0.25) is 0 Å². The second-order valence-electron chi connectivity index (χ2n) is 6.86. The minimum atomic E-state index is -2.02. The third-order valence-corrected chi connectivity index (χ3v) is 2.90. The van der Waals surface area contributed by atoms with Gasteiger partial charge in [0.15, 0.2) is 0 Å². The van der Waals surface area contributed by atoms with E-state index in [0.717, 1.165) is 0 Å². The van der Waals surface area contributed by atoms with Gasteiger partial charge >= 0.3 is 0 Å². The Balaban J connectivity index is 2.88. The van der Waals surface area contributed by atoms with Gasteiger partial charge in [0.05, 0.1) is 6.42 Å². The summed E-state index contributed by atoms with van der Waals surface area (Å²) in [6.07, 6.45) is 0.974. The first-order valence-electron chi connectivity index (χ1n) is 6.07. The molecule has 0 spiro atoms. The molecule has 4 heteroatoms. The highest BCUT2D eigenvalue weighted by Gasteiger charge is 2.48. The van der Waals surface area contributed by atoms with Crippen LogP contribution < -0.4 is 0 Å². The molecule has 1 N–H and O–H groups in total. The average molecular weight is 254 g/mol. The van der Waals surface area contributed by atoms with Crippen molar-refractivity contribution in [1.29, 1.82) is 0 Å². The summed E-state index contributed by atoms with van der Waals surface area (Å²) in [5, 5.41) is 10.2. The van der Waals surface area contributed by atoms with Crippen molar-refractivity contribution in [2.24, 2.45) is 10.8 Å². The van der Waals surface area contributed by atoms with Gasteiger partial charge in [-0.15, -0.1) is 0 Å². The van der Waals surface area contributed by atoms with Crippen molar-refractivity contribution < 1.29 is 19.4 Å². The van der Waals surface area contributed by atoms with Crippen molar-refractivity contribution in [3.8, 4) is 0 Å². The Hall–Kier alpha value is -1.16. The Morgan fingerprint density at radius 1 is 1.28 bits per heavy atom. The Bertz CT molecular complexity index is 406. The number of ketones is 2. The highest BCUT2D eigenvalue weighted by Crippen LogP contribution is 2.37. The summed E-state index contributed by atoms with van der Waals surface area (Å²) in [5.41, 5.74) is -0.977. The van der Waals surface area contributed by atoms with Crippen molar-refractivity contribution in [3.63, 3.8) is 0 Å². The van der Waals surface area contributed by atoms with Crippen LogP contribution in [-0.2, 0) is 14.3 Å². The van der Waals surface area contributed by atoms with Crippen molar-refractivity contribution in [2.75, 3.05) is 0 Å². The Morgan fingerprint density at radius 3 is 2.11 bits per heavy atom. The van der Waals surface area contributed by atoms with E-state index in [1.165, 1.54) is 6.08 Å². The second kappa shape index (κ2) is 4.19. The number of ether oxygens (including phenoxy) is 1. The van der Waals surface area contributed by atoms with Crippen LogP contribution >= 0.6 is 0 Å². The number of hydrogen-bond donors (Lipinski definition) is 1. The number of aliphatic hydroxyl groups is 1.